The van der Waals surface area contributed by atoms with Gasteiger partial charge in [0.1, 0.15) is 5.82 Å². The first-order valence-corrected chi connectivity index (χ1v) is 7.45. The zero-order chi connectivity index (χ0) is 14.0. The van der Waals surface area contributed by atoms with E-state index >= 15 is 0 Å². The summed E-state index contributed by atoms with van der Waals surface area (Å²) in [5.74, 6) is -0.000348. The van der Waals surface area contributed by atoms with E-state index in [4.69, 9.17) is 5.73 Å². The molecule has 0 unspecified atom stereocenters. The van der Waals surface area contributed by atoms with Crippen molar-refractivity contribution in [2.24, 2.45) is 0 Å². The molecular formula is C10H10N4O3S2. The lowest BCUT2D eigenvalue weighted by atomic mass is 10.4. The maximum Gasteiger partial charge on any atom is 0.226 e. The highest BCUT2D eigenvalue weighted by Gasteiger charge is 2.21. The van der Waals surface area contributed by atoms with Gasteiger partial charge in [0.2, 0.25) is 15.7 Å². The summed E-state index contributed by atoms with van der Waals surface area (Å²) in [5, 5.41) is 3.89. The van der Waals surface area contributed by atoms with E-state index in [1.165, 1.54) is 24.4 Å². The summed E-state index contributed by atoms with van der Waals surface area (Å²) in [5.41, 5.74) is 5.41. The number of hydrogen-bond acceptors (Lipinski definition) is 7. The van der Waals surface area contributed by atoms with Crippen LogP contribution in [-0.2, 0) is 14.6 Å². The molecule has 0 radical (unpaired) electrons. The smallest absolute Gasteiger partial charge is 0.226 e. The molecule has 0 aliphatic heterocycles. The number of pyridine rings is 1. The lowest BCUT2D eigenvalue weighted by Gasteiger charge is -2.03. The number of nitrogens with zero attached hydrogens (tertiary/aromatic N) is 2. The second-order valence-corrected chi connectivity index (χ2v) is 6.37. The molecule has 7 nitrogen and oxygen atoms in total. The SMILES string of the molecule is CC(=O)Nc1ccc(S(=O)(=O)c2csc(N)n2)cn1. The summed E-state index contributed by atoms with van der Waals surface area (Å²) in [4.78, 5) is 18.4. The number of sulfone groups is 1. The third kappa shape index (κ3) is 2.88. The number of nitrogens with one attached hydrogen (secondary N) is 1. The van der Waals surface area contributed by atoms with Gasteiger partial charge in [0, 0.05) is 18.5 Å². The van der Waals surface area contributed by atoms with Crippen LogP contribution in [0.15, 0.2) is 33.6 Å². The van der Waals surface area contributed by atoms with Gasteiger partial charge in [-0.3, -0.25) is 4.79 Å². The van der Waals surface area contributed by atoms with Gasteiger partial charge in [0.25, 0.3) is 0 Å². The maximum atomic E-state index is 12.1. The Hall–Kier alpha value is -2.00. The largest absolute Gasteiger partial charge is 0.375 e. The van der Waals surface area contributed by atoms with Gasteiger partial charge in [0.15, 0.2) is 10.2 Å². The Morgan fingerprint density at radius 2 is 2.16 bits per heavy atom. The molecule has 2 aromatic rings. The van der Waals surface area contributed by atoms with Gasteiger partial charge in [-0.15, -0.1) is 11.3 Å². The van der Waals surface area contributed by atoms with Gasteiger partial charge in [-0.05, 0) is 12.1 Å². The fourth-order valence-corrected chi connectivity index (χ4v) is 3.34. The molecule has 2 aromatic heterocycles. The first-order chi connectivity index (χ1) is 8.89. The second-order valence-electron chi connectivity index (χ2n) is 3.59. The number of anilines is 2. The van der Waals surface area contributed by atoms with Gasteiger partial charge in [-0.1, -0.05) is 0 Å². The fourth-order valence-electron chi connectivity index (χ4n) is 1.31. The highest BCUT2D eigenvalue weighted by molar-refractivity contribution is 7.91. The van der Waals surface area contributed by atoms with Crippen LogP contribution in [0.2, 0.25) is 0 Å². The molecule has 100 valence electrons. The first kappa shape index (κ1) is 13.4. The van der Waals surface area contributed by atoms with Gasteiger partial charge in [-0.25, -0.2) is 18.4 Å². The van der Waals surface area contributed by atoms with E-state index in [9.17, 15) is 13.2 Å². The molecule has 0 fully saturated rings. The van der Waals surface area contributed by atoms with Crippen LogP contribution in [0, 0.1) is 0 Å². The standard InChI is InChI=1S/C10H10N4O3S2/c1-6(15)13-8-3-2-7(4-12-8)19(16,17)9-5-18-10(11)14-9/h2-5H,1H3,(H2,11,14)(H,12,13,15). The number of amides is 1. The average Bonchev–Trinajstić information content (AvgIpc) is 2.76. The monoisotopic (exact) mass is 298 g/mol. The number of hydrogen-bond donors (Lipinski definition) is 2. The summed E-state index contributed by atoms with van der Waals surface area (Å²) >= 11 is 1.05. The topological polar surface area (TPSA) is 115 Å². The van der Waals surface area contributed by atoms with Gasteiger partial charge in [0.05, 0.1) is 4.90 Å². The van der Waals surface area contributed by atoms with Gasteiger partial charge < -0.3 is 11.1 Å². The fraction of sp³-hybridized carbons (Fsp3) is 0.100. The molecular weight excluding hydrogens is 288 g/mol. The molecule has 0 aliphatic rings. The van der Waals surface area contributed by atoms with Crippen molar-refractivity contribution in [2.75, 3.05) is 11.1 Å². The first-order valence-electron chi connectivity index (χ1n) is 5.09. The van der Waals surface area contributed by atoms with Crippen LogP contribution in [0.3, 0.4) is 0 Å². The van der Waals surface area contributed by atoms with Crippen molar-refractivity contribution in [3.8, 4) is 0 Å². The van der Waals surface area contributed by atoms with E-state index in [0.29, 0.717) is 0 Å². The van der Waals surface area contributed by atoms with Crippen LogP contribution in [0.5, 0.6) is 0 Å². The molecule has 19 heavy (non-hydrogen) atoms. The summed E-state index contributed by atoms with van der Waals surface area (Å²) in [6.07, 6.45) is 1.16. The Morgan fingerprint density at radius 3 is 2.63 bits per heavy atom. The van der Waals surface area contributed by atoms with Crippen molar-refractivity contribution in [2.45, 2.75) is 16.8 Å². The Kier molecular flexibility index (Phi) is 3.49. The van der Waals surface area contributed by atoms with Crippen LogP contribution < -0.4 is 11.1 Å². The Balaban J connectivity index is 2.34. The predicted molar refractivity (Wildman–Crippen MR) is 70.5 cm³/mol. The van der Waals surface area contributed by atoms with E-state index in [1.54, 1.807) is 0 Å². The minimum Gasteiger partial charge on any atom is -0.375 e. The van der Waals surface area contributed by atoms with Gasteiger partial charge >= 0.3 is 0 Å². The number of rotatable bonds is 3. The number of nitrogen functional groups attached to an aromatic ring is 1. The van der Waals surface area contributed by atoms with E-state index in [1.807, 2.05) is 0 Å². The van der Waals surface area contributed by atoms with Crippen molar-refractivity contribution < 1.29 is 13.2 Å². The quantitative estimate of drug-likeness (QED) is 0.870. The van der Waals surface area contributed by atoms with E-state index in [-0.39, 0.29) is 26.8 Å². The lowest BCUT2D eigenvalue weighted by Crippen LogP contribution is -2.08. The molecule has 0 aliphatic carbocycles. The van der Waals surface area contributed by atoms with Crippen LogP contribution in [0.4, 0.5) is 10.9 Å². The van der Waals surface area contributed by atoms with Crippen molar-refractivity contribution in [3.63, 3.8) is 0 Å². The van der Waals surface area contributed by atoms with E-state index in [0.717, 1.165) is 17.5 Å². The lowest BCUT2D eigenvalue weighted by molar-refractivity contribution is -0.114. The average molecular weight is 298 g/mol. The third-order valence-electron chi connectivity index (χ3n) is 2.13. The van der Waals surface area contributed by atoms with E-state index < -0.39 is 9.84 Å². The predicted octanol–water partition coefficient (Wildman–Crippen LogP) is 0.911. The molecule has 0 spiro atoms. The molecule has 0 bridgehead atoms. The highest BCUT2D eigenvalue weighted by atomic mass is 32.2. The van der Waals surface area contributed by atoms with E-state index in [2.05, 4.69) is 15.3 Å². The molecule has 9 heteroatoms. The molecule has 0 saturated carbocycles. The van der Waals surface area contributed by atoms with Crippen molar-refractivity contribution in [3.05, 3.63) is 23.7 Å². The normalized spacial score (nSPS) is 11.2. The van der Waals surface area contributed by atoms with Gasteiger partial charge in [-0.2, -0.15) is 0 Å². The summed E-state index contributed by atoms with van der Waals surface area (Å²) in [7, 11) is -3.72. The second kappa shape index (κ2) is 4.94. The zero-order valence-electron chi connectivity index (χ0n) is 9.82. The zero-order valence-corrected chi connectivity index (χ0v) is 11.5. The Labute approximate surface area is 113 Å². The Morgan fingerprint density at radius 1 is 1.42 bits per heavy atom. The number of aromatic nitrogens is 2. The van der Waals surface area contributed by atoms with Crippen LogP contribution in [0.1, 0.15) is 6.92 Å². The summed E-state index contributed by atoms with van der Waals surface area (Å²) < 4.78 is 24.3. The Bertz CT molecular complexity index is 707. The number of thiazole rings is 1. The van der Waals surface area contributed by atoms with Crippen LogP contribution >= 0.6 is 11.3 Å². The molecule has 3 N–H and O–H groups in total. The minimum absolute atomic E-state index is 0.00750. The van der Waals surface area contributed by atoms with Crippen molar-refractivity contribution >= 4 is 38.0 Å². The molecule has 2 heterocycles. The minimum atomic E-state index is -3.72. The number of carbonyl (C=O) groups is 1. The summed E-state index contributed by atoms with van der Waals surface area (Å²) in [6, 6.07) is 2.76. The third-order valence-corrected chi connectivity index (χ3v) is 4.57. The maximum absolute atomic E-state index is 12.1. The van der Waals surface area contributed by atoms with Crippen LogP contribution in [0.25, 0.3) is 0 Å². The molecule has 0 atom stereocenters. The summed E-state index contributed by atoms with van der Waals surface area (Å²) in [6.45, 7) is 1.34. The number of nitrogens with two attached hydrogens (primary N) is 1. The molecule has 0 aromatic carbocycles. The van der Waals surface area contributed by atoms with Crippen molar-refractivity contribution in [1.29, 1.82) is 0 Å². The highest BCUT2D eigenvalue weighted by Crippen LogP contribution is 2.23. The molecule has 0 saturated heterocycles. The number of carbonyl (C=O) groups excluding carboxylic acids is 1. The molecule has 2 rings (SSSR count). The molecule has 1 amide bonds. The van der Waals surface area contributed by atoms with Crippen LogP contribution in [-0.4, -0.2) is 24.3 Å². The van der Waals surface area contributed by atoms with Crippen molar-refractivity contribution in [1.82, 2.24) is 9.97 Å².